The summed E-state index contributed by atoms with van der Waals surface area (Å²) < 4.78 is 5.47. The number of hydrogen-bond acceptors (Lipinski definition) is 4. The molecule has 1 aromatic carbocycles. The fourth-order valence-corrected chi connectivity index (χ4v) is 3.42. The third-order valence-electron chi connectivity index (χ3n) is 4.52. The predicted molar refractivity (Wildman–Crippen MR) is 89.2 cm³/mol. The summed E-state index contributed by atoms with van der Waals surface area (Å²) in [5.74, 6) is -0.892. The van der Waals surface area contributed by atoms with Crippen molar-refractivity contribution in [3.8, 4) is 0 Å². The van der Waals surface area contributed by atoms with Crippen molar-refractivity contribution in [3.63, 3.8) is 0 Å². The number of amides is 2. The summed E-state index contributed by atoms with van der Waals surface area (Å²) in [6.07, 6.45) is 4.18. The zero-order chi connectivity index (χ0) is 17.1. The first kappa shape index (κ1) is 17.1. The molecule has 128 valence electrons. The van der Waals surface area contributed by atoms with E-state index < -0.39 is 6.10 Å². The van der Waals surface area contributed by atoms with Gasteiger partial charge in [0.2, 0.25) is 11.8 Å². The minimum Gasteiger partial charge on any atom is -0.389 e. The van der Waals surface area contributed by atoms with Gasteiger partial charge < -0.3 is 9.84 Å². The van der Waals surface area contributed by atoms with Crippen molar-refractivity contribution in [1.82, 2.24) is 4.90 Å². The Hall–Kier alpha value is -1.69. The average molecular weight is 350 g/mol. The van der Waals surface area contributed by atoms with E-state index in [2.05, 4.69) is 0 Å². The van der Waals surface area contributed by atoms with Crippen LogP contribution in [-0.2, 0) is 20.9 Å². The molecule has 24 heavy (non-hydrogen) atoms. The van der Waals surface area contributed by atoms with Crippen LogP contribution in [0.3, 0.4) is 0 Å². The molecular formula is C18H20ClNO4. The van der Waals surface area contributed by atoms with Gasteiger partial charge in [-0.2, -0.15) is 0 Å². The summed E-state index contributed by atoms with van der Waals surface area (Å²) in [6, 6.07) is 7.31. The standard InChI is InChI=1S/C18H20ClNO4/c19-16-8-4-1-5-12(16)10-24-11-13(21)9-20-17(22)14-6-2-3-7-15(14)18(20)23/h1-5,8,13-15,21H,6-7,9-11H2/t13-,14-,15+/m0/s1. The Balaban J connectivity index is 1.50. The lowest BCUT2D eigenvalue weighted by Crippen LogP contribution is -2.39. The monoisotopic (exact) mass is 349 g/mol. The number of rotatable bonds is 6. The normalized spacial score (nSPS) is 24.3. The van der Waals surface area contributed by atoms with Crippen LogP contribution in [0.4, 0.5) is 0 Å². The maximum atomic E-state index is 12.3. The molecule has 0 aromatic heterocycles. The number of halogens is 1. The van der Waals surface area contributed by atoms with Crippen molar-refractivity contribution < 1.29 is 19.4 Å². The summed E-state index contributed by atoms with van der Waals surface area (Å²) in [6.45, 7) is 0.289. The summed E-state index contributed by atoms with van der Waals surface area (Å²) in [5, 5.41) is 10.7. The van der Waals surface area contributed by atoms with Gasteiger partial charge in [0.05, 0.1) is 37.7 Å². The Kier molecular flexibility index (Phi) is 5.33. The SMILES string of the molecule is O=C1[C@H]2CC=CC[C@H]2C(=O)N1C[C@H](O)COCc1ccccc1Cl. The third kappa shape index (κ3) is 3.53. The molecule has 2 aliphatic rings. The number of likely N-dealkylation sites (tertiary alicyclic amines) is 1. The van der Waals surface area contributed by atoms with E-state index in [1.165, 1.54) is 4.90 Å². The van der Waals surface area contributed by atoms with Crippen LogP contribution in [-0.4, -0.2) is 41.1 Å². The van der Waals surface area contributed by atoms with Crippen molar-refractivity contribution in [2.24, 2.45) is 11.8 Å². The van der Waals surface area contributed by atoms with Gasteiger partial charge in [0.1, 0.15) is 0 Å². The van der Waals surface area contributed by atoms with Crippen LogP contribution in [0, 0.1) is 11.8 Å². The molecule has 0 unspecified atom stereocenters. The lowest BCUT2D eigenvalue weighted by atomic mass is 9.85. The van der Waals surface area contributed by atoms with Crippen molar-refractivity contribution in [1.29, 1.82) is 0 Å². The molecule has 0 radical (unpaired) electrons. The minimum absolute atomic E-state index is 0.0206. The van der Waals surface area contributed by atoms with E-state index in [-0.39, 0.29) is 43.4 Å². The van der Waals surface area contributed by atoms with Crippen LogP contribution in [0.2, 0.25) is 5.02 Å². The van der Waals surface area contributed by atoms with Crippen LogP contribution in [0.1, 0.15) is 18.4 Å². The highest BCUT2D eigenvalue weighted by Gasteiger charge is 2.47. The van der Waals surface area contributed by atoms with Gasteiger partial charge in [0, 0.05) is 5.02 Å². The quantitative estimate of drug-likeness (QED) is 0.631. The van der Waals surface area contributed by atoms with Crippen LogP contribution in [0.25, 0.3) is 0 Å². The first-order valence-electron chi connectivity index (χ1n) is 8.07. The van der Waals surface area contributed by atoms with E-state index in [0.29, 0.717) is 17.9 Å². The maximum Gasteiger partial charge on any atom is 0.233 e. The van der Waals surface area contributed by atoms with Gasteiger partial charge in [0.15, 0.2) is 0 Å². The molecule has 5 nitrogen and oxygen atoms in total. The third-order valence-corrected chi connectivity index (χ3v) is 4.89. The first-order chi connectivity index (χ1) is 11.6. The second kappa shape index (κ2) is 7.47. The lowest BCUT2D eigenvalue weighted by Gasteiger charge is -2.19. The van der Waals surface area contributed by atoms with Gasteiger partial charge in [0.25, 0.3) is 0 Å². The Labute approximate surface area is 145 Å². The van der Waals surface area contributed by atoms with E-state index >= 15 is 0 Å². The number of carbonyl (C=O) groups excluding carboxylic acids is 2. The van der Waals surface area contributed by atoms with Gasteiger partial charge in [-0.3, -0.25) is 14.5 Å². The fourth-order valence-electron chi connectivity index (χ4n) is 3.23. The molecule has 2 amide bonds. The molecule has 1 saturated heterocycles. The molecule has 3 atom stereocenters. The van der Waals surface area contributed by atoms with Crippen LogP contribution in [0.5, 0.6) is 0 Å². The summed E-state index contributed by atoms with van der Waals surface area (Å²) >= 11 is 6.04. The Morgan fingerprint density at radius 1 is 1.17 bits per heavy atom. The number of β-amino-alcohol motifs (C(OH)–C–C–N with tert-alkyl or cyclic N) is 1. The molecule has 1 heterocycles. The predicted octanol–water partition coefficient (Wildman–Crippen LogP) is 2.17. The van der Waals surface area contributed by atoms with Crippen LogP contribution >= 0.6 is 11.6 Å². The largest absolute Gasteiger partial charge is 0.389 e. The highest BCUT2D eigenvalue weighted by atomic mass is 35.5. The molecule has 0 bridgehead atoms. The van der Waals surface area contributed by atoms with Gasteiger partial charge in [-0.25, -0.2) is 0 Å². The second-order valence-corrected chi connectivity index (χ2v) is 6.61. The summed E-state index contributed by atoms with van der Waals surface area (Å²) in [5.41, 5.74) is 0.830. The molecule has 1 aliphatic heterocycles. The van der Waals surface area contributed by atoms with Crippen molar-refractivity contribution in [3.05, 3.63) is 47.0 Å². The van der Waals surface area contributed by atoms with Crippen LogP contribution < -0.4 is 0 Å². The van der Waals surface area contributed by atoms with Crippen molar-refractivity contribution >= 4 is 23.4 Å². The minimum atomic E-state index is -0.909. The number of fused-ring (bicyclic) bond motifs is 1. The smallest absolute Gasteiger partial charge is 0.233 e. The summed E-state index contributed by atoms with van der Waals surface area (Å²) in [4.78, 5) is 25.8. The number of ether oxygens (including phenoxy) is 1. The fraction of sp³-hybridized carbons (Fsp3) is 0.444. The lowest BCUT2D eigenvalue weighted by molar-refractivity contribution is -0.142. The molecule has 1 aromatic rings. The zero-order valence-corrected chi connectivity index (χ0v) is 14.0. The van der Waals surface area contributed by atoms with E-state index in [9.17, 15) is 14.7 Å². The van der Waals surface area contributed by atoms with Gasteiger partial charge >= 0.3 is 0 Å². The van der Waals surface area contributed by atoms with Gasteiger partial charge in [-0.05, 0) is 24.5 Å². The molecule has 1 fully saturated rings. The number of aliphatic hydroxyl groups excluding tert-OH is 1. The average Bonchev–Trinajstić information content (AvgIpc) is 2.82. The van der Waals surface area contributed by atoms with Crippen molar-refractivity contribution in [2.45, 2.75) is 25.6 Å². The second-order valence-electron chi connectivity index (χ2n) is 6.20. The van der Waals surface area contributed by atoms with E-state index in [1.807, 2.05) is 30.4 Å². The molecule has 1 N–H and O–H groups in total. The molecule has 0 spiro atoms. The van der Waals surface area contributed by atoms with Crippen molar-refractivity contribution in [2.75, 3.05) is 13.2 Å². The summed E-state index contributed by atoms with van der Waals surface area (Å²) in [7, 11) is 0. The van der Waals surface area contributed by atoms with Crippen LogP contribution in [0.15, 0.2) is 36.4 Å². The van der Waals surface area contributed by atoms with Gasteiger partial charge in [-0.1, -0.05) is 42.0 Å². The van der Waals surface area contributed by atoms with E-state index in [1.54, 1.807) is 6.07 Å². The number of imide groups is 1. The number of carbonyl (C=O) groups is 2. The Morgan fingerprint density at radius 3 is 2.42 bits per heavy atom. The number of benzene rings is 1. The highest BCUT2D eigenvalue weighted by molar-refractivity contribution is 6.31. The molecule has 3 rings (SSSR count). The highest BCUT2D eigenvalue weighted by Crippen LogP contribution is 2.35. The number of hydrogen-bond donors (Lipinski definition) is 1. The first-order valence-corrected chi connectivity index (χ1v) is 8.45. The number of aliphatic hydroxyl groups is 1. The molecule has 0 saturated carbocycles. The number of nitrogens with zero attached hydrogens (tertiary/aromatic N) is 1. The van der Waals surface area contributed by atoms with E-state index in [0.717, 1.165) is 5.56 Å². The zero-order valence-electron chi connectivity index (χ0n) is 13.2. The Morgan fingerprint density at radius 2 is 1.79 bits per heavy atom. The molecule has 1 aliphatic carbocycles. The Bertz CT molecular complexity index is 634. The number of allylic oxidation sites excluding steroid dienone is 2. The van der Waals surface area contributed by atoms with E-state index in [4.69, 9.17) is 16.3 Å². The molecular weight excluding hydrogens is 330 g/mol. The topological polar surface area (TPSA) is 66.8 Å². The van der Waals surface area contributed by atoms with Gasteiger partial charge in [-0.15, -0.1) is 0 Å². The maximum absolute atomic E-state index is 12.3. The molecule has 6 heteroatoms.